The van der Waals surface area contributed by atoms with E-state index in [-0.39, 0.29) is 12.2 Å². The van der Waals surface area contributed by atoms with Crippen LogP contribution in [0.25, 0.3) is 0 Å². The van der Waals surface area contributed by atoms with E-state index in [4.69, 9.17) is 4.74 Å². The van der Waals surface area contributed by atoms with Gasteiger partial charge in [0.15, 0.2) is 0 Å². The van der Waals surface area contributed by atoms with Crippen LogP contribution in [-0.2, 0) is 4.74 Å². The third-order valence-corrected chi connectivity index (χ3v) is 2.20. The van der Waals surface area contributed by atoms with Crippen molar-refractivity contribution >= 4 is 0 Å². The van der Waals surface area contributed by atoms with E-state index in [0.717, 1.165) is 5.69 Å². The van der Waals surface area contributed by atoms with Gasteiger partial charge in [-0.3, -0.25) is 4.98 Å². The van der Waals surface area contributed by atoms with Crippen molar-refractivity contribution in [3.05, 3.63) is 41.7 Å². The average Bonchev–Trinajstić information content (AvgIpc) is 2.64. The first-order valence-corrected chi connectivity index (χ1v) is 3.74. The molecule has 0 amide bonds. The predicted molar refractivity (Wildman–Crippen MR) is 39.9 cm³/mol. The Morgan fingerprint density at radius 1 is 1.27 bits per heavy atom. The van der Waals surface area contributed by atoms with Gasteiger partial charge in [0.1, 0.15) is 12.2 Å². The highest BCUT2D eigenvalue weighted by Gasteiger charge is 2.33. The Morgan fingerprint density at radius 3 is 3.09 bits per heavy atom. The van der Waals surface area contributed by atoms with E-state index in [1.807, 2.05) is 12.3 Å². The predicted octanol–water partition coefficient (Wildman–Crippen LogP) is 1.76. The van der Waals surface area contributed by atoms with Gasteiger partial charge in [0.25, 0.3) is 0 Å². The van der Waals surface area contributed by atoms with Crippen LogP contribution in [0.3, 0.4) is 0 Å². The summed E-state index contributed by atoms with van der Waals surface area (Å²) in [6.07, 6.45) is 6.30. The van der Waals surface area contributed by atoms with Crippen molar-refractivity contribution in [2.24, 2.45) is 0 Å². The summed E-state index contributed by atoms with van der Waals surface area (Å²) in [5.41, 5.74) is 2.33. The monoisotopic (exact) mass is 145 g/mol. The molecule has 0 aromatic carbocycles. The second-order valence-electron chi connectivity index (χ2n) is 2.84. The molecule has 2 nitrogen and oxygen atoms in total. The van der Waals surface area contributed by atoms with Crippen molar-refractivity contribution in [2.75, 3.05) is 0 Å². The molecular formula is C9H7NO. The zero-order valence-corrected chi connectivity index (χ0v) is 5.90. The highest BCUT2D eigenvalue weighted by molar-refractivity contribution is 5.38. The van der Waals surface area contributed by atoms with Crippen molar-refractivity contribution in [3.63, 3.8) is 0 Å². The molecule has 0 spiro atoms. The molecule has 2 aliphatic heterocycles. The first kappa shape index (κ1) is 5.49. The van der Waals surface area contributed by atoms with E-state index in [2.05, 4.69) is 23.2 Å². The lowest BCUT2D eigenvalue weighted by Gasteiger charge is -2.02. The summed E-state index contributed by atoms with van der Waals surface area (Å²) in [6, 6.07) is 4.03. The summed E-state index contributed by atoms with van der Waals surface area (Å²) in [5, 5.41) is 0. The number of hydrogen-bond acceptors (Lipinski definition) is 2. The Bertz CT molecular complexity index is 301. The van der Waals surface area contributed by atoms with Gasteiger partial charge in [-0.1, -0.05) is 18.2 Å². The Morgan fingerprint density at radius 2 is 2.18 bits per heavy atom. The first-order chi connectivity index (χ1) is 5.45. The van der Waals surface area contributed by atoms with E-state index in [1.165, 1.54) is 5.56 Å². The highest BCUT2D eigenvalue weighted by atomic mass is 16.5. The summed E-state index contributed by atoms with van der Waals surface area (Å²) in [5.74, 6) is 0. The van der Waals surface area contributed by atoms with Crippen molar-refractivity contribution < 1.29 is 4.74 Å². The molecule has 54 valence electrons. The lowest BCUT2D eigenvalue weighted by Crippen LogP contribution is -1.94. The SMILES string of the molecule is C1=C[C@H]2OC1c1ncccc12. The second kappa shape index (κ2) is 1.71. The lowest BCUT2D eigenvalue weighted by molar-refractivity contribution is 0.0865. The zero-order chi connectivity index (χ0) is 7.26. The molecule has 3 heterocycles. The van der Waals surface area contributed by atoms with Crippen molar-refractivity contribution in [2.45, 2.75) is 12.2 Å². The smallest absolute Gasteiger partial charge is 0.119 e. The maximum atomic E-state index is 5.57. The van der Waals surface area contributed by atoms with Crippen LogP contribution < -0.4 is 0 Å². The van der Waals surface area contributed by atoms with Gasteiger partial charge in [0.05, 0.1) is 5.69 Å². The van der Waals surface area contributed by atoms with Gasteiger partial charge in [0.2, 0.25) is 0 Å². The number of nitrogens with zero attached hydrogens (tertiary/aromatic N) is 1. The van der Waals surface area contributed by atoms with Crippen LogP contribution in [0.5, 0.6) is 0 Å². The van der Waals surface area contributed by atoms with E-state index in [0.29, 0.717) is 0 Å². The van der Waals surface area contributed by atoms with Gasteiger partial charge >= 0.3 is 0 Å². The second-order valence-corrected chi connectivity index (χ2v) is 2.84. The van der Waals surface area contributed by atoms with Crippen molar-refractivity contribution in [1.82, 2.24) is 4.98 Å². The standard InChI is InChI=1S/C9H7NO/c1-2-6-7-3-4-8(11-7)9(6)10-5-1/h1-5,7-8H/t7-,8?/m1/s1. The summed E-state index contributed by atoms with van der Waals surface area (Å²) in [7, 11) is 0. The number of aromatic nitrogens is 1. The largest absolute Gasteiger partial charge is 0.356 e. The number of rotatable bonds is 0. The topological polar surface area (TPSA) is 22.1 Å². The summed E-state index contributed by atoms with van der Waals surface area (Å²) >= 11 is 0. The molecule has 0 saturated carbocycles. The third-order valence-electron chi connectivity index (χ3n) is 2.20. The highest BCUT2D eigenvalue weighted by Crippen LogP contribution is 2.43. The molecule has 0 N–H and O–H groups in total. The van der Waals surface area contributed by atoms with Crippen LogP contribution in [0.15, 0.2) is 30.5 Å². The Labute approximate surface area is 64.5 Å². The summed E-state index contributed by atoms with van der Waals surface area (Å²) in [4.78, 5) is 4.27. The molecule has 2 heteroatoms. The van der Waals surface area contributed by atoms with Crippen LogP contribution >= 0.6 is 0 Å². The molecule has 1 aromatic heterocycles. The van der Waals surface area contributed by atoms with Crippen LogP contribution in [0, 0.1) is 0 Å². The van der Waals surface area contributed by atoms with E-state index < -0.39 is 0 Å². The van der Waals surface area contributed by atoms with Crippen LogP contribution in [0.2, 0.25) is 0 Å². The molecule has 0 fully saturated rings. The molecule has 0 aliphatic carbocycles. The van der Waals surface area contributed by atoms with E-state index in [1.54, 1.807) is 0 Å². The summed E-state index contributed by atoms with van der Waals surface area (Å²) in [6.45, 7) is 0. The van der Waals surface area contributed by atoms with Gasteiger partial charge in [0, 0.05) is 11.8 Å². The quantitative estimate of drug-likeness (QED) is 0.519. The number of hydrogen-bond donors (Lipinski definition) is 0. The fourth-order valence-electron chi connectivity index (χ4n) is 1.69. The Kier molecular flexibility index (Phi) is 0.855. The zero-order valence-electron chi connectivity index (χ0n) is 5.90. The van der Waals surface area contributed by atoms with Crippen molar-refractivity contribution in [1.29, 1.82) is 0 Å². The fourth-order valence-corrected chi connectivity index (χ4v) is 1.69. The van der Waals surface area contributed by atoms with Crippen LogP contribution in [0.4, 0.5) is 0 Å². The van der Waals surface area contributed by atoms with E-state index in [9.17, 15) is 0 Å². The van der Waals surface area contributed by atoms with Gasteiger partial charge < -0.3 is 4.74 Å². The normalized spacial score (nSPS) is 30.9. The van der Waals surface area contributed by atoms with Gasteiger partial charge in [-0.2, -0.15) is 0 Å². The molecular weight excluding hydrogens is 138 g/mol. The van der Waals surface area contributed by atoms with Crippen LogP contribution in [-0.4, -0.2) is 4.98 Å². The Balaban J connectivity index is 2.28. The fraction of sp³-hybridized carbons (Fsp3) is 0.222. The van der Waals surface area contributed by atoms with Gasteiger partial charge in [-0.05, 0) is 6.07 Å². The van der Waals surface area contributed by atoms with Crippen molar-refractivity contribution in [3.8, 4) is 0 Å². The lowest BCUT2D eigenvalue weighted by atomic mass is 10.0. The van der Waals surface area contributed by atoms with E-state index >= 15 is 0 Å². The summed E-state index contributed by atoms with van der Waals surface area (Å²) < 4.78 is 5.57. The Hall–Kier alpha value is -1.15. The van der Waals surface area contributed by atoms with Crippen LogP contribution in [0.1, 0.15) is 23.5 Å². The number of ether oxygens (including phenoxy) is 1. The maximum Gasteiger partial charge on any atom is 0.119 e. The van der Waals surface area contributed by atoms with Gasteiger partial charge in [-0.15, -0.1) is 0 Å². The molecule has 1 aromatic rings. The molecule has 0 radical (unpaired) electrons. The number of fused-ring (bicyclic) bond motifs is 5. The molecule has 2 bridgehead atoms. The maximum absolute atomic E-state index is 5.57. The molecule has 1 unspecified atom stereocenters. The third kappa shape index (κ3) is 0.576. The minimum absolute atomic E-state index is 0.135. The molecule has 11 heavy (non-hydrogen) atoms. The minimum Gasteiger partial charge on any atom is -0.356 e. The molecule has 2 aliphatic rings. The molecule has 2 atom stereocenters. The first-order valence-electron chi connectivity index (χ1n) is 3.74. The minimum atomic E-state index is 0.135. The van der Waals surface area contributed by atoms with Gasteiger partial charge in [-0.25, -0.2) is 0 Å². The molecule has 3 rings (SSSR count). The average molecular weight is 145 g/mol. The number of pyridine rings is 1. The molecule has 0 saturated heterocycles.